The number of halogens is 1. The molecule has 0 N–H and O–H groups in total. The second-order valence-electron chi connectivity index (χ2n) is 5.98. The van der Waals surface area contributed by atoms with E-state index in [2.05, 4.69) is 15.2 Å². The number of likely N-dealkylation sites (tertiary alicyclic amines) is 1. The average Bonchev–Trinajstić information content (AvgIpc) is 3.33. The van der Waals surface area contributed by atoms with Crippen LogP contribution >= 0.6 is 11.6 Å². The zero-order valence-electron chi connectivity index (χ0n) is 13.6. The molecule has 3 heterocycles. The van der Waals surface area contributed by atoms with Gasteiger partial charge in [0.05, 0.1) is 5.02 Å². The molecule has 1 amide bonds. The molecule has 25 heavy (non-hydrogen) atoms. The number of aryl methyl sites for hydroxylation is 1. The van der Waals surface area contributed by atoms with Gasteiger partial charge in [0.1, 0.15) is 6.04 Å². The Hall–Kier alpha value is -2.67. The summed E-state index contributed by atoms with van der Waals surface area (Å²) in [5, 5.41) is 8.55. The summed E-state index contributed by atoms with van der Waals surface area (Å²) in [7, 11) is 1.73. The highest BCUT2D eigenvalue weighted by molar-refractivity contribution is 6.33. The summed E-state index contributed by atoms with van der Waals surface area (Å²) in [5.41, 5.74) is 1.13. The van der Waals surface area contributed by atoms with Gasteiger partial charge in [-0.3, -0.25) is 9.48 Å². The standard InChI is InChI=1S/C17H16ClN5O2/c1-22-10-12(18)14(20-22)17(24)23-9-5-8-13(23)16-19-15(21-25-16)11-6-3-2-4-7-11/h2-4,6-7,10,13H,5,8-9H2,1H3. The van der Waals surface area contributed by atoms with Crippen molar-refractivity contribution in [2.24, 2.45) is 7.05 Å². The van der Waals surface area contributed by atoms with Crippen molar-refractivity contribution < 1.29 is 9.32 Å². The summed E-state index contributed by atoms with van der Waals surface area (Å²) in [6.45, 7) is 0.611. The van der Waals surface area contributed by atoms with Gasteiger partial charge in [0.15, 0.2) is 5.69 Å². The molecule has 8 heteroatoms. The van der Waals surface area contributed by atoms with Gasteiger partial charge in [-0.05, 0) is 12.8 Å². The van der Waals surface area contributed by atoms with E-state index in [9.17, 15) is 4.79 Å². The van der Waals surface area contributed by atoms with Crippen molar-refractivity contribution in [3.63, 3.8) is 0 Å². The third-order valence-electron chi connectivity index (χ3n) is 4.26. The van der Waals surface area contributed by atoms with Crippen molar-refractivity contribution in [3.8, 4) is 11.4 Å². The lowest BCUT2D eigenvalue weighted by Crippen LogP contribution is -2.31. The first-order chi connectivity index (χ1) is 12.1. The van der Waals surface area contributed by atoms with Crippen LogP contribution in [0.1, 0.15) is 35.3 Å². The Kier molecular flexibility index (Phi) is 4.01. The summed E-state index contributed by atoms with van der Waals surface area (Å²) >= 11 is 6.11. The smallest absolute Gasteiger partial charge is 0.276 e. The molecular formula is C17H16ClN5O2. The fourth-order valence-electron chi connectivity index (χ4n) is 3.08. The lowest BCUT2D eigenvalue weighted by molar-refractivity contribution is 0.0703. The van der Waals surface area contributed by atoms with Crippen LogP contribution in [-0.4, -0.2) is 37.3 Å². The van der Waals surface area contributed by atoms with E-state index in [-0.39, 0.29) is 17.6 Å². The highest BCUT2D eigenvalue weighted by Gasteiger charge is 2.36. The Morgan fingerprint density at radius 1 is 1.32 bits per heavy atom. The van der Waals surface area contributed by atoms with Crippen LogP contribution in [0.5, 0.6) is 0 Å². The van der Waals surface area contributed by atoms with Gasteiger partial charge in [-0.1, -0.05) is 47.1 Å². The number of rotatable bonds is 3. The van der Waals surface area contributed by atoms with Gasteiger partial charge in [0.25, 0.3) is 5.91 Å². The average molecular weight is 358 g/mol. The van der Waals surface area contributed by atoms with E-state index >= 15 is 0 Å². The second kappa shape index (κ2) is 6.33. The molecule has 2 aromatic heterocycles. The molecule has 0 aliphatic carbocycles. The van der Waals surface area contributed by atoms with Gasteiger partial charge >= 0.3 is 0 Å². The highest BCUT2D eigenvalue weighted by atomic mass is 35.5. The van der Waals surface area contributed by atoms with Crippen LogP contribution in [0.4, 0.5) is 0 Å². The molecule has 1 aliphatic heterocycles. The van der Waals surface area contributed by atoms with Crippen molar-refractivity contribution in [3.05, 3.63) is 53.1 Å². The zero-order chi connectivity index (χ0) is 17.4. The Labute approximate surface area is 149 Å². The molecule has 0 saturated carbocycles. The Morgan fingerprint density at radius 3 is 2.84 bits per heavy atom. The number of carbonyl (C=O) groups is 1. The van der Waals surface area contributed by atoms with Crippen molar-refractivity contribution in [1.82, 2.24) is 24.8 Å². The number of benzene rings is 1. The topological polar surface area (TPSA) is 77.0 Å². The first kappa shape index (κ1) is 15.8. The quantitative estimate of drug-likeness (QED) is 0.719. The van der Waals surface area contributed by atoms with Gasteiger partial charge in [0.2, 0.25) is 11.7 Å². The second-order valence-corrected chi connectivity index (χ2v) is 6.39. The molecule has 1 atom stereocenters. The summed E-state index contributed by atoms with van der Waals surface area (Å²) in [6, 6.07) is 9.34. The maximum absolute atomic E-state index is 12.8. The van der Waals surface area contributed by atoms with Crippen LogP contribution in [-0.2, 0) is 7.05 Å². The molecule has 1 saturated heterocycles. The molecule has 1 unspecified atom stereocenters. The van der Waals surface area contributed by atoms with Gasteiger partial charge < -0.3 is 9.42 Å². The molecule has 0 radical (unpaired) electrons. The maximum Gasteiger partial charge on any atom is 0.276 e. The first-order valence-electron chi connectivity index (χ1n) is 8.02. The summed E-state index contributed by atoms with van der Waals surface area (Å²) in [5.74, 6) is 0.745. The van der Waals surface area contributed by atoms with Crippen LogP contribution in [0.25, 0.3) is 11.4 Å². The zero-order valence-corrected chi connectivity index (χ0v) is 14.3. The van der Waals surface area contributed by atoms with Gasteiger partial charge in [-0.15, -0.1) is 0 Å². The monoisotopic (exact) mass is 357 g/mol. The number of hydrogen-bond donors (Lipinski definition) is 0. The fraction of sp³-hybridized carbons (Fsp3) is 0.294. The number of hydrogen-bond acceptors (Lipinski definition) is 5. The predicted molar refractivity (Wildman–Crippen MR) is 91.0 cm³/mol. The molecule has 128 valence electrons. The van der Waals surface area contributed by atoms with Crippen LogP contribution in [0.15, 0.2) is 41.1 Å². The lowest BCUT2D eigenvalue weighted by atomic mass is 10.2. The highest BCUT2D eigenvalue weighted by Crippen LogP contribution is 2.33. The van der Waals surface area contributed by atoms with E-state index in [0.717, 1.165) is 18.4 Å². The Bertz CT molecular complexity index is 905. The van der Waals surface area contributed by atoms with E-state index in [1.165, 1.54) is 4.68 Å². The molecule has 4 rings (SSSR count). The minimum absolute atomic E-state index is 0.215. The minimum atomic E-state index is -0.254. The van der Waals surface area contributed by atoms with Crippen LogP contribution in [0, 0.1) is 0 Å². The molecular weight excluding hydrogens is 342 g/mol. The lowest BCUT2D eigenvalue weighted by Gasteiger charge is -2.20. The number of nitrogens with zero attached hydrogens (tertiary/aromatic N) is 5. The van der Waals surface area contributed by atoms with E-state index in [1.54, 1.807) is 18.1 Å². The molecule has 1 fully saturated rings. The van der Waals surface area contributed by atoms with E-state index in [0.29, 0.717) is 23.3 Å². The molecule has 0 bridgehead atoms. The third-order valence-corrected chi connectivity index (χ3v) is 4.54. The predicted octanol–water partition coefficient (Wildman–Crippen LogP) is 3.10. The molecule has 3 aromatic rings. The Balaban J connectivity index is 1.61. The van der Waals surface area contributed by atoms with Crippen molar-refractivity contribution in [1.29, 1.82) is 0 Å². The fourth-order valence-corrected chi connectivity index (χ4v) is 3.34. The van der Waals surface area contributed by atoms with E-state index in [4.69, 9.17) is 16.1 Å². The summed E-state index contributed by atoms with van der Waals surface area (Å²) in [6.07, 6.45) is 3.25. The minimum Gasteiger partial charge on any atom is -0.337 e. The molecule has 1 aromatic carbocycles. The normalized spacial score (nSPS) is 17.2. The molecule has 1 aliphatic rings. The van der Waals surface area contributed by atoms with Crippen molar-refractivity contribution >= 4 is 17.5 Å². The van der Waals surface area contributed by atoms with E-state index < -0.39 is 0 Å². The van der Waals surface area contributed by atoms with Crippen LogP contribution in [0.2, 0.25) is 5.02 Å². The van der Waals surface area contributed by atoms with Crippen molar-refractivity contribution in [2.75, 3.05) is 6.54 Å². The summed E-state index contributed by atoms with van der Waals surface area (Å²) in [4.78, 5) is 19.0. The van der Waals surface area contributed by atoms with Gasteiger partial charge in [0, 0.05) is 25.4 Å². The first-order valence-corrected chi connectivity index (χ1v) is 8.40. The summed E-state index contributed by atoms with van der Waals surface area (Å²) < 4.78 is 6.97. The SMILES string of the molecule is Cn1cc(Cl)c(C(=O)N2CCCC2c2nc(-c3ccccc3)no2)n1. The molecule has 0 spiro atoms. The third kappa shape index (κ3) is 2.91. The maximum atomic E-state index is 12.8. The van der Waals surface area contributed by atoms with E-state index in [1.807, 2.05) is 30.3 Å². The number of aromatic nitrogens is 4. The molecule has 7 nitrogen and oxygen atoms in total. The number of carbonyl (C=O) groups excluding carboxylic acids is 1. The van der Waals surface area contributed by atoms with Crippen molar-refractivity contribution in [2.45, 2.75) is 18.9 Å². The largest absolute Gasteiger partial charge is 0.337 e. The number of amides is 1. The van der Waals surface area contributed by atoms with Crippen LogP contribution in [0.3, 0.4) is 0 Å². The Morgan fingerprint density at radius 2 is 2.12 bits per heavy atom. The van der Waals surface area contributed by atoms with Crippen LogP contribution < -0.4 is 0 Å². The van der Waals surface area contributed by atoms with Gasteiger partial charge in [-0.25, -0.2) is 0 Å². The van der Waals surface area contributed by atoms with Gasteiger partial charge in [-0.2, -0.15) is 10.1 Å².